The van der Waals surface area contributed by atoms with E-state index in [2.05, 4.69) is 60.1 Å². The normalized spacial score (nSPS) is 10.7. The molecule has 3 rings (SSSR count). The number of nitrogens with zero attached hydrogens (tertiary/aromatic N) is 1. The number of aromatic nitrogens is 2. The van der Waals surface area contributed by atoms with Gasteiger partial charge in [0.25, 0.3) is 0 Å². The van der Waals surface area contributed by atoms with Crippen LogP contribution in [0.4, 0.5) is 0 Å². The van der Waals surface area contributed by atoms with Crippen LogP contribution in [0.1, 0.15) is 37.3 Å². The predicted molar refractivity (Wildman–Crippen MR) is 90.3 cm³/mol. The second-order valence-electron chi connectivity index (χ2n) is 5.83. The predicted octanol–water partition coefficient (Wildman–Crippen LogP) is 0.884. The van der Waals surface area contributed by atoms with Crippen LogP contribution in [-0.2, 0) is 4.74 Å². The minimum Gasteiger partial charge on any atom is -1.00 e. The van der Waals surface area contributed by atoms with Gasteiger partial charge in [0.15, 0.2) is 18.4 Å². The van der Waals surface area contributed by atoms with Crippen molar-refractivity contribution >= 4 is 16.9 Å². The van der Waals surface area contributed by atoms with Crippen molar-refractivity contribution in [2.75, 3.05) is 6.61 Å². The highest BCUT2D eigenvalue weighted by atomic mass is 79.9. The lowest BCUT2D eigenvalue weighted by Crippen LogP contribution is -3.00. The van der Waals surface area contributed by atoms with E-state index in [9.17, 15) is 4.79 Å². The number of nitrogens with one attached hydrogen (secondary N) is 1. The molecule has 1 aromatic carbocycles. The zero-order valence-corrected chi connectivity index (χ0v) is 15.6. The van der Waals surface area contributed by atoms with Crippen LogP contribution >= 0.6 is 0 Å². The number of hydrogen-bond donors (Lipinski definition) is 1. The molecule has 2 heterocycles. The molecule has 24 heavy (non-hydrogen) atoms. The van der Waals surface area contributed by atoms with Gasteiger partial charge in [-0.05, 0) is 50.1 Å². The Morgan fingerprint density at radius 1 is 1.12 bits per heavy atom. The maximum Gasteiger partial charge on any atom is 0.354 e. The topological polar surface area (TPSA) is 46.0 Å². The minimum absolute atomic E-state index is 0. The number of ether oxygens (including phenoxy) is 1. The van der Waals surface area contributed by atoms with Crippen LogP contribution in [0.5, 0.6) is 0 Å². The average molecular weight is 389 g/mol. The Labute approximate surface area is 152 Å². The molecule has 5 heteroatoms. The Hall–Kier alpha value is -2.14. The molecule has 0 fully saturated rings. The molecule has 0 aliphatic rings. The fourth-order valence-electron chi connectivity index (χ4n) is 2.61. The van der Waals surface area contributed by atoms with Crippen molar-refractivity contribution in [3.8, 4) is 11.1 Å². The third-order valence-corrected chi connectivity index (χ3v) is 3.90. The highest BCUT2D eigenvalue weighted by Crippen LogP contribution is 2.24. The summed E-state index contributed by atoms with van der Waals surface area (Å²) in [5.41, 5.74) is 3.71. The lowest BCUT2D eigenvalue weighted by atomic mass is 10.1. The number of hydrogen-bond acceptors (Lipinski definition) is 2. The van der Waals surface area contributed by atoms with Crippen LogP contribution in [0.3, 0.4) is 0 Å². The lowest BCUT2D eigenvalue weighted by Gasteiger charge is -2.03. The fraction of sp³-hybridized carbons (Fsp3) is 0.263. The number of esters is 1. The van der Waals surface area contributed by atoms with E-state index in [0.29, 0.717) is 18.3 Å². The number of rotatable bonds is 4. The smallest absolute Gasteiger partial charge is 0.354 e. The first-order valence-corrected chi connectivity index (χ1v) is 7.89. The number of H-pyrrole nitrogens is 1. The van der Waals surface area contributed by atoms with Crippen molar-refractivity contribution < 1.29 is 31.1 Å². The lowest BCUT2D eigenvalue weighted by molar-refractivity contribution is -0.716. The van der Waals surface area contributed by atoms with Gasteiger partial charge in [-0.3, -0.25) is 0 Å². The van der Waals surface area contributed by atoms with E-state index >= 15 is 0 Å². The summed E-state index contributed by atoms with van der Waals surface area (Å²) < 4.78 is 7.20. The maximum absolute atomic E-state index is 11.8. The first kappa shape index (κ1) is 18.2. The van der Waals surface area contributed by atoms with E-state index in [1.807, 2.05) is 12.1 Å². The fourth-order valence-corrected chi connectivity index (χ4v) is 2.61. The Bertz CT molecular complexity index is 838. The Kier molecular flexibility index (Phi) is 5.78. The molecule has 0 saturated carbocycles. The molecule has 0 amide bonds. The van der Waals surface area contributed by atoms with Crippen LogP contribution in [-0.4, -0.2) is 17.6 Å². The molecule has 0 radical (unpaired) electrons. The van der Waals surface area contributed by atoms with Crippen molar-refractivity contribution in [3.05, 3.63) is 54.5 Å². The van der Waals surface area contributed by atoms with Crippen molar-refractivity contribution in [1.29, 1.82) is 0 Å². The van der Waals surface area contributed by atoms with E-state index < -0.39 is 0 Å². The standard InChI is InChI=1S/C19H20N2O2.BrH/c1-4-23-19(22)18-12-16-11-15(5-6-17(16)20-18)14-7-9-21(10-8-14)13(2)3;/h5-13H,4H2,1-3H3;1H. The monoisotopic (exact) mass is 388 g/mol. The molecule has 2 aromatic heterocycles. The Morgan fingerprint density at radius 3 is 2.46 bits per heavy atom. The number of halogens is 1. The summed E-state index contributed by atoms with van der Waals surface area (Å²) >= 11 is 0. The van der Waals surface area contributed by atoms with Gasteiger partial charge in [0, 0.05) is 23.0 Å². The molecule has 0 atom stereocenters. The van der Waals surface area contributed by atoms with E-state index in [-0.39, 0.29) is 23.0 Å². The van der Waals surface area contributed by atoms with Gasteiger partial charge in [-0.25, -0.2) is 9.36 Å². The van der Waals surface area contributed by atoms with Crippen molar-refractivity contribution in [2.45, 2.75) is 26.8 Å². The highest BCUT2D eigenvalue weighted by molar-refractivity contribution is 5.96. The number of pyridine rings is 1. The number of benzene rings is 1. The number of aromatic amines is 1. The molecule has 0 aliphatic carbocycles. The molecular weight excluding hydrogens is 368 g/mol. The van der Waals surface area contributed by atoms with Gasteiger partial charge in [0.05, 0.1) is 6.61 Å². The summed E-state index contributed by atoms with van der Waals surface area (Å²) in [6.07, 6.45) is 4.18. The molecule has 0 spiro atoms. The van der Waals surface area contributed by atoms with Crippen LogP contribution in [0.15, 0.2) is 48.8 Å². The third kappa shape index (κ3) is 3.67. The van der Waals surface area contributed by atoms with Crippen LogP contribution in [0.25, 0.3) is 22.0 Å². The second-order valence-corrected chi connectivity index (χ2v) is 5.83. The number of carbonyl (C=O) groups excluding carboxylic acids is 1. The third-order valence-electron chi connectivity index (χ3n) is 3.90. The first-order chi connectivity index (χ1) is 11.1. The molecular formula is C19H21BrN2O2. The van der Waals surface area contributed by atoms with Crippen molar-refractivity contribution in [3.63, 3.8) is 0 Å². The minimum atomic E-state index is -0.317. The van der Waals surface area contributed by atoms with Crippen LogP contribution < -0.4 is 21.5 Å². The van der Waals surface area contributed by atoms with Gasteiger partial charge in [-0.1, -0.05) is 6.07 Å². The van der Waals surface area contributed by atoms with E-state index in [4.69, 9.17) is 4.74 Å². The van der Waals surface area contributed by atoms with Gasteiger partial charge >= 0.3 is 5.97 Å². The zero-order valence-electron chi connectivity index (χ0n) is 14.0. The van der Waals surface area contributed by atoms with Gasteiger partial charge < -0.3 is 26.7 Å². The first-order valence-electron chi connectivity index (χ1n) is 7.89. The Balaban J connectivity index is 0.00000208. The van der Waals surface area contributed by atoms with Gasteiger partial charge in [0.1, 0.15) is 5.69 Å². The summed E-state index contributed by atoms with van der Waals surface area (Å²) in [4.78, 5) is 14.9. The number of fused-ring (bicyclic) bond motifs is 1. The molecule has 126 valence electrons. The van der Waals surface area contributed by atoms with Gasteiger partial charge in [-0.2, -0.15) is 0 Å². The number of carbonyl (C=O) groups is 1. The van der Waals surface area contributed by atoms with Gasteiger partial charge in [0.2, 0.25) is 0 Å². The quantitative estimate of drug-likeness (QED) is 0.532. The van der Waals surface area contributed by atoms with Crippen LogP contribution in [0, 0.1) is 0 Å². The van der Waals surface area contributed by atoms with E-state index in [1.54, 1.807) is 6.92 Å². The summed E-state index contributed by atoms with van der Waals surface area (Å²) in [7, 11) is 0. The summed E-state index contributed by atoms with van der Waals surface area (Å²) in [5, 5.41) is 1.01. The summed E-state index contributed by atoms with van der Waals surface area (Å²) in [5.74, 6) is -0.317. The van der Waals surface area contributed by atoms with Crippen molar-refractivity contribution in [1.82, 2.24) is 4.98 Å². The molecule has 0 unspecified atom stereocenters. The summed E-state index contributed by atoms with van der Waals surface area (Å²) in [6, 6.07) is 12.7. The highest BCUT2D eigenvalue weighted by Gasteiger charge is 2.11. The van der Waals surface area contributed by atoms with Gasteiger partial charge in [-0.15, -0.1) is 0 Å². The zero-order chi connectivity index (χ0) is 16.4. The molecule has 0 aliphatic heterocycles. The molecule has 1 N–H and O–H groups in total. The molecule has 3 aromatic rings. The van der Waals surface area contributed by atoms with Crippen molar-refractivity contribution in [2.24, 2.45) is 0 Å². The maximum atomic E-state index is 11.8. The SMILES string of the molecule is CCOC(=O)c1cc2cc(-c3cc[n+](C(C)C)cc3)ccc2[nH]1.[Br-]. The molecule has 4 nitrogen and oxygen atoms in total. The second kappa shape index (κ2) is 7.62. The average Bonchev–Trinajstić information content (AvgIpc) is 2.98. The molecule has 0 bridgehead atoms. The largest absolute Gasteiger partial charge is 1.00 e. The van der Waals surface area contributed by atoms with Crippen LogP contribution in [0.2, 0.25) is 0 Å². The van der Waals surface area contributed by atoms with E-state index in [1.165, 1.54) is 0 Å². The summed E-state index contributed by atoms with van der Waals surface area (Å²) in [6.45, 7) is 6.49. The van der Waals surface area contributed by atoms with E-state index in [0.717, 1.165) is 22.0 Å². The molecule has 0 saturated heterocycles. The Morgan fingerprint density at radius 2 is 1.83 bits per heavy atom.